The van der Waals surface area contributed by atoms with Crippen LogP contribution in [0.25, 0.3) is 0 Å². The van der Waals surface area contributed by atoms with Crippen LogP contribution in [0, 0.1) is 10.1 Å². The van der Waals surface area contributed by atoms with Gasteiger partial charge in [-0.1, -0.05) is 11.6 Å². The normalized spacial score (nSPS) is 16.1. The molecule has 0 aromatic carbocycles. The SMILES string of the molecule is O=C1CN(c2cc([N+](=O)[O-])cc(Cl)n2)CCCN1. The van der Waals surface area contributed by atoms with Gasteiger partial charge in [0.25, 0.3) is 5.69 Å². The maximum atomic E-state index is 11.4. The summed E-state index contributed by atoms with van der Waals surface area (Å²) < 4.78 is 0. The first-order chi connectivity index (χ1) is 8.56. The van der Waals surface area contributed by atoms with Crippen LogP contribution in [-0.4, -0.2) is 35.4 Å². The van der Waals surface area contributed by atoms with E-state index in [1.165, 1.54) is 12.1 Å². The zero-order chi connectivity index (χ0) is 13.1. The Kier molecular flexibility index (Phi) is 3.61. The Morgan fingerprint density at radius 1 is 1.50 bits per heavy atom. The van der Waals surface area contributed by atoms with Gasteiger partial charge in [-0.05, 0) is 6.42 Å². The number of hydrogen-bond donors (Lipinski definition) is 1. The number of halogens is 1. The summed E-state index contributed by atoms with van der Waals surface area (Å²) in [5.74, 6) is 0.225. The minimum atomic E-state index is -0.533. The van der Waals surface area contributed by atoms with Gasteiger partial charge in [0.2, 0.25) is 5.91 Å². The molecule has 1 aromatic rings. The van der Waals surface area contributed by atoms with Gasteiger partial charge in [-0.15, -0.1) is 0 Å². The van der Waals surface area contributed by atoms with Gasteiger partial charge in [-0.2, -0.15) is 0 Å². The minimum absolute atomic E-state index is 0.0452. The summed E-state index contributed by atoms with van der Waals surface area (Å²) in [5, 5.41) is 13.5. The first-order valence-electron chi connectivity index (χ1n) is 5.40. The quantitative estimate of drug-likeness (QED) is 0.491. The summed E-state index contributed by atoms with van der Waals surface area (Å²) >= 11 is 5.75. The van der Waals surface area contributed by atoms with E-state index >= 15 is 0 Å². The molecule has 8 heteroatoms. The lowest BCUT2D eigenvalue weighted by atomic mass is 10.3. The molecule has 1 saturated heterocycles. The van der Waals surface area contributed by atoms with E-state index in [0.29, 0.717) is 18.9 Å². The van der Waals surface area contributed by atoms with E-state index in [2.05, 4.69) is 10.3 Å². The average molecular weight is 271 g/mol. The number of amides is 1. The smallest absolute Gasteiger partial charge is 0.276 e. The highest BCUT2D eigenvalue weighted by atomic mass is 35.5. The van der Waals surface area contributed by atoms with Crippen molar-refractivity contribution in [2.24, 2.45) is 0 Å². The van der Waals surface area contributed by atoms with Crippen molar-refractivity contribution in [1.82, 2.24) is 10.3 Å². The highest BCUT2D eigenvalue weighted by Gasteiger charge is 2.19. The molecular weight excluding hydrogens is 260 g/mol. The van der Waals surface area contributed by atoms with Crippen molar-refractivity contribution in [2.75, 3.05) is 24.5 Å². The van der Waals surface area contributed by atoms with E-state index in [9.17, 15) is 14.9 Å². The lowest BCUT2D eigenvalue weighted by Gasteiger charge is -2.19. The molecule has 2 heterocycles. The number of aromatic nitrogens is 1. The largest absolute Gasteiger partial charge is 0.354 e. The molecule has 0 spiro atoms. The molecule has 7 nitrogen and oxygen atoms in total. The summed E-state index contributed by atoms with van der Waals surface area (Å²) in [6.07, 6.45) is 0.758. The van der Waals surface area contributed by atoms with Gasteiger partial charge in [-0.25, -0.2) is 4.98 Å². The highest BCUT2D eigenvalue weighted by Crippen LogP contribution is 2.23. The van der Waals surface area contributed by atoms with Crippen LogP contribution < -0.4 is 10.2 Å². The van der Waals surface area contributed by atoms with Crippen molar-refractivity contribution in [1.29, 1.82) is 0 Å². The predicted octanol–water partition coefficient (Wildman–Crippen LogP) is 0.969. The average Bonchev–Trinajstić information content (AvgIpc) is 2.53. The van der Waals surface area contributed by atoms with Crippen LogP contribution in [0.4, 0.5) is 11.5 Å². The third kappa shape index (κ3) is 2.86. The number of hydrogen-bond acceptors (Lipinski definition) is 5. The molecule has 0 radical (unpaired) electrons. The van der Waals surface area contributed by atoms with Gasteiger partial charge in [0.05, 0.1) is 23.6 Å². The Morgan fingerprint density at radius 2 is 2.28 bits per heavy atom. The summed E-state index contributed by atoms with van der Waals surface area (Å²) in [6, 6.07) is 2.51. The van der Waals surface area contributed by atoms with E-state index in [4.69, 9.17) is 11.6 Å². The fraction of sp³-hybridized carbons (Fsp3) is 0.400. The van der Waals surface area contributed by atoms with Gasteiger partial charge in [0.1, 0.15) is 11.0 Å². The van der Waals surface area contributed by atoms with E-state index < -0.39 is 4.92 Å². The zero-order valence-corrected chi connectivity index (χ0v) is 10.2. The standard InChI is InChI=1S/C10H11ClN4O3/c11-8-4-7(15(17)18)5-9(13-8)14-3-1-2-12-10(16)6-14/h4-5H,1-3,6H2,(H,12,16). The maximum Gasteiger partial charge on any atom is 0.276 e. The van der Waals surface area contributed by atoms with E-state index in [0.717, 1.165) is 6.42 Å². The summed E-state index contributed by atoms with van der Waals surface area (Å²) in [4.78, 5) is 27.3. The summed E-state index contributed by atoms with van der Waals surface area (Å²) in [6.45, 7) is 1.33. The molecule has 18 heavy (non-hydrogen) atoms. The van der Waals surface area contributed by atoms with Crippen molar-refractivity contribution >= 4 is 29.0 Å². The highest BCUT2D eigenvalue weighted by molar-refractivity contribution is 6.29. The van der Waals surface area contributed by atoms with Crippen molar-refractivity contribution in [3.05, 3.63) is 27.4 Å². The second kappa shape index (κ2) is 5.18. The van der Waals surface area contributed by atoms with Gasteiger partial charge in [0, 0.05) is 13.1 Å². The van der Waals surface area contributed by atoms with Gasteiger partial charge in [-0.3, -0.25) is 14.9 Å². The fourth-order valence-corrected chi connectivity index (χ4v) is 1.94. The number of rotatable bonds is 2. The zero-order valence-electron chi connectivity index (χ0n) is 9.43. The number of nitro groups is 1. The molecule has 1 fully saturated rings. The Bertz CT molecular complexity index is 494. The Hall–Kier alpha value is -1.89. The number of anilines is 1. The molecule has 0 unspecified atom stereocenters. The molecule has 0 saturated carbocycles. The second-order valence-corrected chi connectivity index (χ2v) is 4.28. The second-order valence-electron chi connectivity index (χ2n) is 3.89. The number of nitrogens with one attached hydrogen (secondary N) is 1. The number of nitrogens with zero attached hydrogens (tertiary/aromatic N) is 3. The molecule has 96 valence electrons. The molecule has 2 rings (SSSR count). The van der Waals surface area contributed by atoms with Crippen molar-refractivity contribution < 1.29 is 9.72 Å². The van der Waals surface area contributed by atoms with Crippen LogP contribution in [0.15, 0.2) is 12.1 Å². The first kappa shape index (κ1) is 12.6. The van der Waals surface area contributed by atoms with Crippen LogP contribution in [0.2, 0.25) is 5.15 Å². The predicted molar refractivity (Wildman–Crippen MR) is 65.7 cm³/mol. The third-order valence-corrected chi connectivity index (χ3v) is 2.76. The van der Waals surface area contributed by atoms with Gasteiger partial charge in [0.15, 0.2) is 0 Å². The number of carbonyl (C=O) groups is 1. The molecule has 0 atom stereocenters. The number of carbonyl (C=O) groups excluding carboxylic acids is 1. The van der Waals surface area contributed by atoms with Gasteiger partial charge < -0.3 is 10.2 Å². The molecule has 1 N–H and O–H groups in total. The Labute approximate surface area is 108 Å². The third-order valence-electron chi connectivity index (χ3n) is 2.56. The lowest BCUT2D eigenvalue weighted by molar-refractivity contribution is -0.384. The molecule has 1 aliphatic heterocycles. The monoisotopic (exact) mass is 270 g/mol. The van der Waals surface area contributed by atoms with Crippen molar-refractivity contribution in [2.45, 2.75) is 6.42 Å². The molecule has 0 bridgehead atoms. The van der Waals surface area contributed by atoms with E-state index in [-0.39, 0.29) is 23.3 Å². The van der Waals surface area contributed by atoms with Crippen LogP contribution in [-0.2, 0) is 4.79 Å². The molecule has 1 amide bonds. The van der Waals surface area contributed by atoms with Crippen LogP contribution in [0.3, 0.4) is 0 Å². The van der Waals surface area contributed by atoms with Crippen LogP contribution >= 0.6 is 11.6 Å². The lowest BCUT2D eigenvalue weighted by Crippen LogP contribution is -2.33. The Balaban J connectivity index is 2.31. The van der Waals surface area contributed by atoms with E-state index in [1.807, 2.05) is 0 Å². The first-order valence-corrected chi connectivity index (χ1v) is 5.77. The minimum Gasteiger partial charge on any atom is -0.354 e. The van der Waals surface area contributed by atoms with E-state index in [1.54, 1.807) is 4.90 Å². The van der Waals surface area contributed by atoms with Gasteiger partial charge >= 0.3 is 0 Å². The van der Waals surface area contributed by atoms with Crippen LogP contribution in [0.5, 0.6) is 0 Å². The van der Waals surface area contributed by atoms with Crippen molar-refractivity contribution in [3.63, 3.8) is 0 Å². The molecule has 0 aliphatic carbocycles. The summed E-state index contributed by atoms with van der Waals surface area (Å²) in [7, 11) is 0. The molecule has 1 aliphatic rings. The Morgan fingerprint density at radius 3 is 3.00 bits per heavy atom. The molecule has 1 aromatic heterocycles. The van der Waals surface area contributed by atoms with Crippen molar-refractivity contribution in [3.8, 4) is 0 Å². The van der Waals surface area contributed by atoms with Crippen LogP contribution in [0.1, 0.15) is 6.42 Å². The topological polar surface area (TPSA) is 88.4 Å². The maximum absolute atomic E-state index is 11.4. The number of pyridine rings is 1. The summed E-state index contributed by atoms with van der Waals surface area (Å²) in [5.41, 5.74) is -0.130. The molecular formula is C10H11ClN4O3. The fourth-order valence-electron chi connectivity index (χ4n) is 1.74.